The van der Waals surface area contributed by atoms with E-state index in [2.05, 4.69) is 10.0 Å². The summed E-state index contributed by atoms with van der Waals surface area (Å²) in [6.45, 7) is 3.85. The molecular formula is C11H17N3O3S2. The molecule has 1 aliphatic heterocycles. The van der Waals surface area contributed by atoms with E-state index in [1.807, 2.05) is 6.92 Å². The van der Waals surface area contributed by atoms with Gasteiger partial charge in [0.2, 0.25) is 5.91 Å². The van der Waals surface area contributed by atoms with Crippen LogP contribution in [0, 0.1) is 0 Å². The fraction of sp³-hybridized carbons (Fsp3) is 0.545. The third kappa shape index (κ3) is 3.53. The van der Waals surface area contributed by atoms with Crippen LogP contribution in [0.25, 0.3) is 0 Å². The molecule has 1 aromatic heterocycles. The van der Waals surface area contributed by atoms with Crippen molar-refractivity contribution in [3.8, 4) is 0 Å². The summed E-state index contributed by atoms with van der Waals surface area (Å²) < 4.78 is 26.3. The quantitative estimate of drug-likeness (QED) is 0.811. The van der Waals surface area contributed by atoms with Crippen molar-refractivity contribution in [2.45, 2.75) is 17.2 Å². The molecule has 0 bridgehead atoms. The minimum absolute atomic E-state index is 0.0903. The van der Waals surface area contributed by atoms with E-state index >= 15 is 0 Å². The summed E-state index contributed by atoms with van der Waals surface area (Å²) in [6.07, 6.45) is 0. The van der Waals surface area contributed by atoms with Crippen LogP contribution >= 0.6 is 11.3 Å². The van der Waals surface area contributed by atoms with E-state index in [9.17, 15) is 13.2 Å². The van der Waals surface area contributed by atoms with Crippen LogP contribution < -0.4 is 10.0 Å². The summed E-state index contributed by atoms with van der Waals surface area (Å²) in [5, 5.41) is 4.87. The van der Waals surface area contributed by atoms with Gasteiger partial charge in [0.05, 0.1) is 6.54 Å². The lowest BCUT2D eigenvalue weighted by atomic mass is 10.2. The van der Waals surface area contributed by atoms with Crippen LogP contribution in [0.3, 0.4) is 0 Å². The van der Waals surface area contributed by atoms with Crippen LogP contribution in [0.15, 0.2) is 21.7 Å². The first kappa shape index (κ1) is 14.4. The third-order valence-electron chi connectivity index (χ3n) is 2.99. The van der Waals surface area contributed by atoms with Gasteiger partial charge in [-0.05, 0) is 18.4 Å². The highest BCUT2D eigenvalue weighted by Crippen LogP contribution is 2.15. The Morgan fingerprint density at radius 2 is 2.42 bits per heavy atom. The average molecular weight is 303 g/mol. The summed E-state index contributed by atoms with van der Waals surface area (Å²) in [5.41, 5.74) is 0. The Bertz CT molecular complexity index is 527. The van der Waals surface area contributed by atoms with Gasteiger partial charge >= 0.3 is 0 Å². The van der Waals surface area contributed by atoms with Crippen molar-refractivity contribution in [1.29, 1.82) is 0 Å². The number of carbonyl (C=O) groups is 1. The van der Waals surface area contributed by atoms with Gasteiger partial charge in [0, 0.05) is 25.7 Å². The predicted octanol–water partition coefficient (Wildman–Crippen LogP) is -0.153. The van der Waals surface area contributed by atoms with Crippen molar-refractivity contribution < 1.29 is 13.2 Å². The Labute approximate surface area is 116 Å². The van der Waals surface area contributed by atoms with Crippen LogP contribution in [-0.2, 0) is 14.8 Å². The highest BCUT2D eigenvalue weighted by Gasteiger charge is 2.24. The number of amides is 1. The summed E-state index contributed by atoms with van der Waals surface area (Å²) in [5.74, 6) is -0.186. The number of hydrogen-bond donors (Lipinski definition) is 2. The molecule has 6 nitrogen and oxygen atoms in total. The van der Waals surface area contributed by atoms with Crippen molar-refractivity contribution in [3.05, 3.63) is 17.5 Å². The lowest BCUT2D eigenvalue weighted by Crippen LogP contribution is -2.54. The minimum atomic E-state index is -3.56. The normalized spacial score (nSPS) is 20.5. The lowest BCUT2D eigenvalue weighted by molar-refractivity contribution is -0.132. The fourth-order valence-corrected chi connectivity index (χ4v) is 3.97. The fourth-order valence-electron chi connectivity index (χ4n) is 1.96. The van der Waals surface area contributed by atoms with Crippen molar-refractivity contribution in [3.63, 3.8) is 0 Å². The third-order valence-corrected chi connectivity index (χ3v) is 5.79. The molecule has 0 aliphatic carbocycles. The van der Waals surface area contributed by atoms with E-state index in [1.54, 1.807) is 16.3 Å². The smallest absolute Gasteiger partial charge is 0.250 e. The van der Waals surface area contributed by atoms with Gasteiger partial charge in [-0.3, -0.25) is 4.79 Å². The van der Waals surface area contributed by atoms with Crippen molar-refractivity contribution in [2.24, 2.45) is 0 Å². The maximum atomic E-state index is 12.0. The monoisotopic (exact) mass is 303 g/mol. The summed E-state index contributed by atoms with van der Waals surface area (Å²) in [4.78, 5) is 13.7. The predicted molar refractivity (Wildman–Crippen MR) is 73.6 cm³/mol. The second kappa shape index (κ2) is 6.00. The second-order valence-electron chi connectivity index (χ2n) is 4.40. The summed E-state index contributed by atoms with van der Waals surface area (Å²) in [6, 6.07) is 3.28. The summed E-state index contributed by atoms with van der Waals surface area (Å²) >= 11 is 1.13. The Kier molecular flexibility index (Phi) is 4.56. The number of thiophene rings is 1. The van der Waals surface area contributed by atoms with Gasteiger partial charge in [0.25, 0.3) is 10.0 Å². The standard InChI is InChI=1S/C11H17N3O3S2/c1-9-7-12-4-5-14(9)10(15)8-13-19(16,17)11-3-2-6-18-11/h2-3,6,9,12-13H,4-5,7-8H2,1H3. The molecule has 1 saturated heterocycles. The number of sulfonamides is 1. The molecule has 19 heavy (non-hydrogen) atoms. The molecule has 2 heterocycles. The molecule has 1 amide bonds. The SMILES string of the molecule is CC1CNCCN1C(=O)CNS(=O)(=O)c1cccs1. The Morgan fingerprint density at radius 3 is 3.05 bits per heavy atom. The van der Waals surface area contributed by atoms with E-state index in [0.29, 0.717) is 6.54 Å². The number of carbonyl (C=O) groups excluding carboxylic acids is 1. The van der Waals surface area contributed by atoms with Gasteiger partial charge in [-0.1, -0.05) is 6.07 Å². The molecule has 1 fully saturated rings. The number of rotatable bonds is 4. The van der Waals surface area contributed by atoms with Gasteiger partial charge in [-0.15, -0.1) is 11.3 Å². The van der Waals surface area contributed by atoms with Crippen LogP contribution in [0.4, 0.5) is 0 Å². The van der Waals surface area contributed by atoms with E-state index in [4.69, 9.17) is 0 Å². The minimum Gasteiger partial charge on any atom is -0.336 e. The second-order valence-corrected chi connectivity index (χ2v) is 7.34. The largest absolute Gasteiger partial charge is 0.336 e. The number of piperazine rings is 1. The molecule has 0 spiro atoms. The molecule has 1 aliphatic rings. The first-order valence-electron chi connectivity index (χ1n) is 6.04. The Balaban J connectivity index is 1.93. The number of hydrogen-bond acceptors (Lipinski definition) is 5. The molecule has 2 N–H and O–H groups in total. The molecule has 0 saturated carbocycles. The van der Waals surface area contributed by atoms with Gasteiger partial charge < -0.3 is 10.2 Å². The van der Waals surface area contributed by atoms with Crippen molar-refractivity contribution >= 4 is 27.3 Å². The zero-order valence-electron chi connectivity index (χ0n) is 10.6. The molecular weight excluding hydrogens is 286 g/mol. The van der Waals surface area contributed by atoms with Crippen molar-refractivity contribution in [2.75, 3.05) is 26.2 Å². The van der Waals surface area contributed by atoms with E-state index < -0.39 is 10.0 Å². The lowest BCUT2D eigenvalue weighted by Gasteiger charge is -2.34. The Morgan fingerprint density at radius 1 is 1.63 bits per heavy atom. The highest BCUT2D eigenvalue weighted by atomic mass is 32.2. The van der Waals surface area contributed by atoms with Crippen LogP contribution in [0.5, 0.6) is 0 Å². The van der Waals surface area contributed by atoms with E-state index in [1.165, 1.54) is 6.07 Å². The molecule has 1 aromatic rings. The summed E-state index contributed by atoms with van der Waals surface area (Å²) in [7, 11) is -3.56. The number of nitrogens with one attached hydrogen (secondary N) is 2. The number of nitrogens with zero attached hydrogens (tertiary/aromatic N) is 1. The average Bonchev–Trinajstić information content (AvgIpc) is 2.91. The topological polar surface area (TPSA) is 78.5 Å². The van der Waals surface area contributed by atoms with Gasteiger partial charge in [-0.25, -0.2) is 13.1 Å². The zero-order chi connectivity index (χ0) is 13.9. The molecule has 1 unspecified atom stereocenters. The van der Waals surface area contributed by atoms with Crippen LogP contribution in [0.1, 0.15) is 6.92 Å². The van der Waals surface area contributed by atoms with Gasteiger partial charge in [-0.2, -0.15) is 0 Å². The molecule has 106 valence electrons. The highest BCUT2D eigenvalue weighted by molar-refractivity contribution is 7.91. The maximum absolute atomic E-state index is 12.0. The van der Waals surface area contributed by atoms with Gasteiger partial charge in [0.15, 0.2) is 0 Å². The van der Waals surface area contributed by atoms with Gasteiger partial charge in [0.1, 0.15) is 4.21 Å². The molecule has 8 heteroatoms. The van der Waals surface area contributed by atoms with E-state index in [-0.39, 0.29) is 22.7 Å². The maximum Gasteiger partial charge on any atom is 0.250 e. The molecule has 2 rings (SSSR count). The van der Waals surface area contributed by atoms with E-state index in [0.717, 1.165) is 24.4 Å². The van der Waals surface area contributed by atoms with Crippen molar-refractivity contribution in [1.82, 2.24) is 14.9 Å². The molecule has 0 radical (unpaired) electrons. The first-order valence-corrected chi connectivity index (χ1v) is 8.40. The molecule has 0 aromatic carbocycles. The Hall–Kier alpha value is -0.960. The zero-order valence-corrected chi connectivity index (χ0v) is 12.3. The molecule has 1 atom stereocenters. The van der Waals surface area contributed by atoms with Crippen LogP contribution in [-0.4, -0.2) is 51.4 Å². The van der Waals surface area contributed by atoms with Crippen LogP contribution in [0.2, 0.25) is 0 Å². The first-order chi connectivity index (χ1) is 9.00.